The molecule has 15 heavy (non-hydrogen) atoms. The topological polar surface area (TPSA) is 29.3 Å². The van der Waals surface area contributed by atoms with Crippen molar-refractivity contribution in [1.82, 2.24) is 4.90 Å². The van der Waals surface area contributed by atoms with Gasteiger partial charge in [0, 0.05) is 12.6 Å². The SMILES string of the molecule is CC(N)C1CCN(CC2(C)CCC2)CC1. The Labute approximate surface area is 94.2 Å². The smallest absolute Gasteiger partial charge is 0.00397 e. The summed E-state index contributed by atoms with van der Waals surface area (Å²) in [6, 6.07) is 0.395. The van der Waals surface area contributed by atoms with Crippen LogP contribution in [0, 0.1) is 11.3 Å². The van der Waals surface area contributed by atoms with Crippen molar-refractivity contribution in [2.45, 2.75) is 52.0 Å². The highest BCUT2D eigenvalue weighted by Gasteiger charge is 2.34. The molecule has 0 aromatic rings. The molecule has 2 N–H and O–H groups in total. The van der Waals surface area contributed by atoms with Crippen molar-refractivity contribution in [3.05, 3.63) is 0 Å². The van der Waals surface area contributed by atoms with E-state index < -0.39 is 0 Å². The molecule has 2 heteroatoms. The Bertz CT molecular complexity index is 201. The molecule has 2 rings (SSSR count). The fraction of sp³-hybridized carbons (Fsp3) is 1.00. The Hall–Kier alpha value is -0.0800. The van der Waals surface area contributed by atoms with Gasteiger partial charge in [-0.2, -0.15) is 0 Å². The van der Waals surface area contributed by atoms with Crippen molar-refractivity contribution in [1.29, 1.82) is 0 Å². The quantitative estimate of drug-likeness (QED) is 0.774. The molecule has 1 heterocycles. The molecule has 0 spiro atoms. The monoisotopic (exact) mass is 210 g/mol. The Kier molecular flexibility index (Phi) is 3.36. The van der Waals surface area contributed by atoms with Crippen molar-refractivity contribution in [3.8, 4) is 0 Å². The molecule has 2 nitrogen and oxygen atoms in total. The van der Waals surface area contributed by atoms with Gasteiger partial charge in [0.15, 0.2) is 0 Å². The molecule has 1 atom stereocenters. The molecule has 0 bridgehead atoms. The zero-order valence-corrected chi connectivity index (χ0v) is 10.3. The van der Waals surface area contributed by atoms with Crippen LogP contribution in [0.25, 0.3) is 0 Å². The highest BCUT2D eigenvalue weighted by molar-refractivity contribution is 4.88. The second-order valence-electron chi connectivity index (χ2n) is 6.14. The van der Waals surface area contributed by atoms with Gasteiger partial charge in [-0.1, -0.05) is 13.3 Å². The molecule has 1 aliphatic carbocycles. The zero-order chi connectivity index (χ0) is 10.9. The first-order valence-corrected chi connectivity index (χ1v) is 6.57. The molecular weight excluding hydrogens is 184 g/mol. The van der Waals surface area contributed by atoms with Gasteiger partial charge in [-0.15, -0.1) is 0 Å². The number of rotatable bonds is 3. The van der Waals surface area contributed by atoms with Gasteiger partial charge in [0.25, 0.3) is 0 Å². The maximum atomic E-state index is 5.96. The first kappa shape index (κ1) is 11.4. The van der Waals surface area contributed by atoms with E-state index in [0.29, 0.717) is 11.5 Å². The molecule has 0 aromatic carbocycles. The molecule has 88 valence electrons. The van der Waals surface area contributed by atoms with Gasteiger partial charge in [0.2, 0.25) is 0 Å². The summed E-state index contributed by atoms with van der Waals surface area (Å²) in [6.45, 7) is 8.50. The lowest BCUT2D eigenvalue weighted by atomic mass is 9.70. The average molecular weight is 210 g/mol. The summed E-state index contributed by atoms with van der Waals surface area (Å²) in [5.41, 5.74) is 6.61. The molecule has 1 unspecified atom stereocenters. The number of hydrogen-bond acceptors (Lipinski definition) is 2. The van der Waals surface area contributed by atoms with E-state index in [1.807, 2.05) is 0 Å². The summed E-state index contributed by atoms with van der Waals surface area (Å²) in [7, 11) is 0. The van der Waals surface area contributed by atoms with E-state index in [1.165, 1.54) is 51.7 Å². The van der Waals surface area contributed by atoms with Gasteiger partial charge in [0.05, 0.1) is 0 Å². The molecular formula is C13H26N2. The van der Waals surface area contributed by atoms with Crippen LogP contribution < -0.4 is 5.73 Å². The molecule has 0 aromatic heterocycles. The zero-order valence-electron chi connectivity index (χ0n) is 10.3. The van der Waals surface area contributed by atoms with Gasteiger partial charge >= 0.3 is 0 Å². The summed E-state index contributed by atoms with van der Waals surface area (Å²) in [6.07, 6.45) is 6.97. The molecule has 2 fully saturated rings. The second-order valence-corrected chi connectivity index (χ2v) is 6.14. The largest absolute Gasteiger partial charge is 0.328 e. The van der Waals surface area contributed by atoms with Crippen LogP contribution >= 0.6 is 0 Å². The Morgan fingerprint density at radius 3 is 2.33 bits per heavy atom. The Morgan fingerprint density at radius 1 is 1.33 bits per heavy atom. The van der Waals surface area contributed by atoms with E-state index in [1.54, 1.807) is 0 Å². The van der Waals surface area contributed by atoms with E-state index in [-0.39, 0.29) is 0 Å². The first-order valence-electron chi connectivity index (χ1n) is 6.57. The van der Waals surface area contributed by atoms with Crippen molar-refractivity contribution in [2.75, 3.05) is 19.6 Å². The minimum absolute atomic E-state index is 0.395. The van der Waals surface area contributed by atoms with E-state index >= 15 is 0 Å². The second kappa shape index (κ2) is 4.42. The van der Waals surface area contributed by atoms with E-state index in [2.05, 4.69) is 18.7 Å². The number of nitrogens with zero attached hydrogens (tertiary/aromatic N) is 1. The third-order valence-corrected chi connectivity index (χ3v) is 4.54. The molecule has 2 aliphatic rings. The van der Waals surface area contributed by atoms with Crippen LogP contribution in [-0.4, -0.2) is 30.6 Å². The number of hydrogen-bond donors (Lipinski definition) is 1. The van der Waals surface area contributed by atoms with Gasteiger partial charge in [-0.3, -0.25) is 0 Å². The summed E-state index contributed by atoms with van der Waals surface area (Å²) in [4.78, 5) is 2.66. The van der Waals surface area contributed by atoms with E-state index in [0.717, 1.165) is 5.92 Å². The van der Waals surface area contributed by atoms with Crippen LogP contribution in [0.15, 0.2) is 0 Å². The summed E-state index contributed by atoms with van der Waals surface area (Å²) in [5, 5.41) is 0. The van der Waals surface area contributed by atoms with Gasteiger partial charge in [-0.25, -0.2) is 0 Å². The van der Waals surface area contributed by atoms with Crippen LogP contribution in [0.5, 0.6) is 0 Å². The van der Waals surface area contributed by atoms with Gasteiger partial charge in [-0.05, 0) is 57.0 Å². The number of nitrogens with two attached hydrogens (primary N) is 1. The average Bonchev–Trinajstić information content (AvgIpc) is 2.16. The van der Waals surface area contributed by atoms with Crippen LogP contribution in [-0.2, 0) is 0 Å². The summed E-state index contributed by atoms with van der Waals surface area (Å²) in [5.74, 6) is 0.774. The van der Waals surface area contributed by atoms with Crippen LogP contribution in [0.4, 0.5) is 0 Å². The van der Waals surface area contributed by atoms with Gasteiger partial charge in [0.1, 0.15) is 0 Å². The maximum Gasteiger partial charge on any atom is 0.00397 e. The summed E-state index contributed by atoms with van der Waals surface area (Å²) < 4.78 is 0. The highest BCUT2D eigenvalue weighted by Crippen LogP contribution is 2.41. The van der Waals surface area contributed by atoms with Crippen molar-refractivity contribution >= 4 is 0 Å². The fourth-order valence-corrected chi connectivity index (χ4v) is 3.12. The Balaban J connectivity index is 1.73. The molecule has 1 aliphatic heterocycles. The van der Waals surface area contributed by atoms with Crippen LogP contribution in [0.3, 0.4) is 0 Å². The standard InChI is InChI=1S/C13H26N2/c1-11(14)12-4-8-15(9-5-12)10-13(2)6-3-7-13/h11-12H,3-10,14H2,1-2H3. The number of likely N-dealkylation sites (tertiary alicyclic amines) is 1. The highest BCUT2D eigenvalue weighted by atomic mass is 15.1. The predicted molar refractivity (Wildman–Crippen MR) is 64.8 cm³/mol. The maximum absolute atomic E-state index is 5.96. The van der Waals surface area contributed by atoms with Crippen LogP contribution in [0.2, 0.25) is 0 Å². The van der Waals surface area contributed by atoms with Crippen LogP contribution in [0.1, 0.15) is 46.0 Å². The van der Waals surface area contributed by atoms with E-state index in [9.17, 15) is 0 Å². The normalized spacial score (nSPS) is 29.8. The predicted octanol–water partition coefficient (Wildman–Crippen LogP) is 2.24. The lowest BCUT2D eigenvalue weighted by Gasteiger charge is -2.44. The van der Waals surface area contributed by atoms with Crippen molar-refractivity contribution in [2.24, 2.45) is 17.1 Å². The first-order chi connectivity index (χ1) is 7.09. The summed E-state index contributed by atoms with van der Waals surface area (Å²) >= 11 is 0. The molecule has 0 radical (unpaired) electrons. The van der Waals surface area contributed by atoms with Gasteiger partial charge < -0.3 is 10.6 Å². The Morgan fingerprint density at radius 2 is 1.93 bits per heavy atom. The van der Waals surface area contributed by atoms with Crippen molar-refractivity contribution < 1.29 is 0 Å². The van der Waals surface area contributed by atoms with Crippen molar-refractivity contribution in [3.63, 3.8) is 0 Å². The number of piperidine rings is 1. The lowest BCUT2D eigenvalue weighted by molar-refractivity contribution is 0.0613. The third kappa shape index (κ3) is 2.73. The lowest BCUT2D eigenvalue weighted by Crippen LogP contribution is -2.45. The van der Waals surface area contributed by atoms with E-state index in [4.69, 9.17) is 5.73 Å². The molecule has 1 saturated heterocycles. The fourth-order valence-electron chi connectivity index (χ4n) is 3.12. The molecule has 0 amide bonds. The minimum atomic E-state index is 0.395. The molecule has 1 saturated carbocycles. The minimum Gasteiger partial charge on any atom is -0.328 e. The third-order valence-electron chi connectivity index (χ3n) is 4.54.